The van der Waals surface area contributed by atoms with Crippen LogP contribution in [0.25, 0.3) is 0 Å². The number of carboxylic acids is 2. The van der Waals surface area contributed by atoms with E-state index in [0.717, 1.165) is 51.4 Å². The van der Waals surface area contributed by atoms with Crippen molar-refractivity contribution < 1.29 is 49.5 Å². The molecule has 0 saturated heterocycles. The van der Waals surface area contributed by atoms with Crippen molar-refractivity contribution in [2.75, 3.05) is 0 Å². The molecule has 2 N–H and O–H groups in total. The summed E-state index contributed by atoms with van der Waals surface area (Å²) in [6, 6.07) is 0. The summed E-state index contributed by atoms with van der Waals surface area (Å²) < 4.78 is 0. The zero-order chi connectivity index (χ0) is 20.5. The molecule has 0 heterocycles. The number of aliphatic hydroxyl groups excluding tert-OH is 2. The van der Waals surface area contributed by atoms with E-state index in [4.69, 9.17) is 10.2 Å². The van der Waals surface area contributed by atoms with Gasteiger partial charge in [0.25, 0.3) is 0 Å². The molecule has 0 rings (SSSR count). The molecule has 0 aliphatic carbocycles. The Hall–Kier alpha value is -0.517. The molecule has 0 bridgehead atoms. The maximum Gasteiger partial charge on any atom is 2.00 e. The van der Waals surface area contributed by atoms with Gasteiger partial charge in [-0.15, -0.1) is 0 Å². The van der Waals surface area contributed by atoms with Gasteiger partial charge in [0.15, 0.2) is 0 Å². The Labute approximate surface area is 177 Å². The van der Waals surface area contributed by atoms with E-state index >= 15 is 0 Å². The van der Waals surface area contributed by atoms with Gasteiger partial charge >= 0.3 is 19.5 Å². The van der Waals surface area contributed by atoms with Crippen molar-refractivity contribution in [3.05, 3.63) is 0 Å². The Morgan fingerprint density at radius 2 is 1.04 bits per heavy atom. The number of carbonyl (C=O) groups excluding carboxylic acids is 2. The molecule has 0 amide bonds. The minimum atomic E-state index is -1.35. The molecule has 0 fully saturated rings. The molecule has 4 unspecified atom stereocenters. The number of hydrogen-bond acceptors (Lipinski definition) is 6. The van der Waals surface area contributed by atoms with E-state index in [2.05, 4.69) is 13.8 Å². The van der Waals surface area contributed by atoms with Crippen LogP contribution in [0.2, 0.25) is 0 Å². The number of unbranched alkanes of at least 4 members (excludes halogenated alkanes) is 2. The molecule has 0 spiro atoms. The van der Waals surface area contributed by atoms with Gasteiger partial charge in [-0.05, 0) is 24.7 Å². The Morgan fingerprint density at radius 1 is 0.741 bits per heavy atom. The van der Waals surface area contributed by atoms with Crippen molar-refractivity contribution in [3.8, 4) is 0 Å². The maximum absolute atomic E-state index is 10.3. The summed E-state index contributed by atoms with van der Waals surface area (Å²) in [7, 11) is 0. The molecule has 156 valence electrons. The molecule has 0 aliphatic rings. The zero-order valence-electron chi connectivity index (χ0n) is 17.6. The third kappa shape index (κ3) is 18.6. The van der Waals surface area contributed by atoms with Gasteiger partial charge in [0.1, 0.15) is 0 Å². The molecule has 0 aliphatic heterocycles. The Kier molecular flexibility index (Phi) is 23.4. The maximum atomic E-state index is 10.3. The van der Waals surface area contributed by atoms with Crippen molar-refractivity contribution in [1.82, 2.24) is 0 Å². The van der Waals surface area contributed by atoms with Crippen LogP contribution in [-0.2, 0) is 29.1 Å². The van der Waals surface area contributed by atoms with Gasteiger partial charge in [0.05, 0.1) is 24.1 Å². The zero-order valence-corrected chi connectivity index (χ0v) is 20.6. The molecule has 0 aromatic carbocycles. The summed E-state index contributed by atoms with van der Waals surface area (Å²) in [4.78, 5) is 20.5. The van der Waals surface area contributed by atoms with Gasteiger partial charge < -0.3 is 30.0 Å². The quantitative estimate of drug-likeness (QED) is 0.395. The molecule has 6 nitrogen and oxygen atoms in total. The van der Waals surface area contributed by atoms with E-state index in [1.807, 2.05) is 13.8 Å². The van der Waals surface area contributed by atoms with E-state index < -0.39 is 24.1 Å². The predicted octanol–water partition coefficient (Wildman–Crippen LogP) is 1.40. The van der Waals surface area contributed by atoms with Crippen LogP contribution in [0.1, 0.15) is 91.9 Å². The molecule has 7 heteroatoms. The van der Waals surface area contributed by atoms with Crippen molar-refractivity contribution in [2.24, 2.45) is 11.8 Å². The minimum Gasteiger partial charge on any atom is -0.547 e. The second-order valence-corrected chi connectivity index (χ2v) is 6.97. The third-order valence-electron chi connectivity index (χ3n) is 4.74. The number of rotatable bonds is 14. The topological polar surface area (TPSA) is 121 Å². The van der Waals surface area contributed by atoms with Gasteiger partial charge in [-0.1, -0.05) is 79.1 Å². The summed E-state index contributed by atoms with van der Waals surface area (Å²) in [5.74, 6) is -2.08. The summed E-state index contributed by atoms with van der Waals surface area (Å²) in [6.07, 6.45) is 6.33. The van der Waals surface area contributed by atoms with Gasteiger partial charge in [-0.2, -0.15) is 0 Å². The fourth-order valence-corrected chi connectivity index (χ4v) is 2.79. The largest absolute Gasteiger partial charge is 2.00 e. The number of hydrogen-bond donors (Lipinski definition) is 2. The van der Waals surface area contributed by atoms with E-state index in [-0.39, 0.29) is 19.5 Å². The summed E-state index contributed by atoms with van der Waals surface area (Å²) in [6.45, 7) is 8.23. The molecular weight excluding hydrogens is 402 g/mol. The van der Waals surface area contributed by atoms with E-state index in [9.17, 15) is 19.8 Å². The Balaban J connectivity index is -0.000000411. The molecule has 0 saturated carbocycles. The van der Waals surface area contributed by atoms with Crippen LogP contribution in [0.3, 0.4) is 0 Å². The number of carbonyl (C=O) groups is 2. The monoisotopic (exact) mass is 438 g/mol. The summed E-state index contributed by atoms with van der Waals surface area (Å²) in [5.41, 5.74) is 0. The smallest absolute Gasteiger partial charge is 0.547 e. The van der Waals surface area contributed by atoms with E-state index in [1.165, 1.54) is 0 Å². The number of carboxylic acid groups (broad SMARTS) is 2. The van der Waals surface area contributed by atoms with Crippen molar-refractivity contribution in [2.45, 2.75) is 104 Å². The Morgan fingerprint density at radius 3 is 1.22 bits per heavy atom. The molecule has 0 aromatic rings. The fourth-order valence-electron chi connectivity index (χ4n) is 2.79. The fraction of sp³-hybridized carbons (Fsp3) is 0.900. The second kappa shape index (κ2) is 20.2. The molecule has 27 heavy (non-hydrogen) atoms. The number of aliphatic carboxylic acids is 2. The molecule has 4 atom stereocenters. The standard InChI is InChI=1S/2C10H20O3.Zn/c2*1-3-5-6-8(4-2)7-9(11)10(12)13;/h2*8-9,11H,3-7H2,1-2H3,(H,12,13);/q;;+2/p-2. The van der Waals surface area contributed by atoms with Crippen LogP contribution in [0, 0.1) is 11.8 Å². The number of aliphatic hydroxyl groups is 2. The second-order valence-electron chi connectivity index (χ2n) is 6.97. The minimum absolute atomic E-state index is 0. The third-order valence-corrected chi connectivity index (χ3v) is 4.74. The first kappa shape index (κ1) is 31.2. The van der Waals surface area contributed by atoms with Crippen molar-refractivity contribution in [1.29, 1.82) is 0 Å². The van der Waals surface area contributed by atoms with Crippen LogP contribution in [-0.4, -0.2) is 34.4 Å². The van der Waals surface area contributed by atoms with E-state index in [1.54, 1.807) is 0 Å². The first-order chi connectivity index (χ1) is 12.2. The normalized spacial score (nSPS) is 14.7. The summed E-state index contributed by atoms with van der Waals surface area (Å²) in [5, 5.41) is 38.7. The van der Waals surface area contributed by atoms with Crippen molar-refractivity contribution >= 4 is 11.9 Å². The van der Waals surface area contributed by atoms with Crippen LogP contribution < -0.4 is 10.2 Å². The van der Waals surface area contributed by atoms with Gasteiger partial charge in [0, 0.05) is 0 Å². The average molecular weight is 440 g/mol. The van der Waals surface area contributed by atoms with Crippen LogP contribution >= 0.6 is 0 Å². The first-order valence-corrected chi connectivity index (χ1v) is 10.0. The first-order valence-electron chi connectivity index (χ1n) is 10.0. The summed E-state index contributed by atoms with van der Waals surface area (Å²) >= 11 is 0. The van der Waals surface area contributed by atoms with Gasteiger partial charge in [0.2, 0.25) is 0 Å². The Bertz CT molecular complexity index is 330. The molecular formula is C20H38O6Zn. The SMILES string of the molecule is CCCCC(CC)CC(O)C(=O)[O-].CCCCC(CC)CC(O)C(=O)[O-].[Zn+2]. The van der Waals surface area contributed by atoms with Gasteiger partial charge in [-0.25, -0.2) is 0 Å². The van der Waals surface area contributed by atoms with E-state index in [0.29, 0.717) is 24.7 Å². The van der Waals surface area contributed by atoms with Crippen LogP contribution in [0.5, 0.6) is 0 Å². The van der Waals surface area contributed by atoms with Crippen LogP contribution in [0.15, 0.2) is 0 Å². The van der Waals surface area contributed by atoms with Crippen LogP contribution in [0.4, 0.5) is 0 Å². The molecule has 0 aromatic heterocycles. The average Bonchev–Trinajstić information content (AvgIpc) is 2.61. The molecule has 0 radical (unpaired) electrons. The van der Waals surface area contributed by atoms with Crippen molar-refractivity contribution in [3.63, 3.8) is 0 Å². The van der Waals surface area contributed by atoms with Gasteiger partial charge in [-0.3, -0.25) is 0 Å². The predicted molar refractivity (Wildman–Crippen MR) is 97.9 cm³/mol.